The van der Waals surface area contributed by atoms with Crippen LogP contribution in [0, 0.1) is 47.6 Å². The van der Waals surface area contributed by atoms with Crippen LogP contribution in [0.5, 0.6) is 0 Å². The van der Waals surface area contributed by atoms with Crippen LogP contribution in [-0.2, 0) is 0 Å². The van der Waals surface area contributed by atoms with Crippen LogP contribution in [0.15, 0.2) is 60.7 Å². The number of halogens is 2. The van der Waals surface area contributed by atoms with E-state index in [4.69, 9.17) is 11.5 Å². The molecule has 18 heteroatoms. The molecule has 0 aliphatic carbocycles. The maximum absolute atomic E-state index is 10.7. The minimum Gasteiger partial charge on any atom is -0.366 e. The fourth-order valence-electron chi connectivity index (χ4n) is 2.33. The highest BCUT2D eigenvalue weighted by Crippen LogP contribution is 2.23. The molecule has 0 aliphatic heterocycles. The maximum atomic E-state index is 10.7. The number of non-ortho nitro benzene ring substituents is 4. The van der Waals surface area contributed by atoms with Crippen LogP contribution >= 0.6 is 45.2 Å². The van der Waals surface area contributed by atoms with Crippen molar-refractivity contribution >= 4 is 79.7 Å². The minimum atomic E-state index is -0.957. The number of nitrogens with two attached hydrogens (primary N) is 2. The van der Waals surface area contributed by atoms with Crippen LogP contribution in [0.3, 0.4) is 0 Å². The van der Waals surface area contributed by atoms with Gasteiger partial charge < -0.3 is 11.5 Å². The molecule has 0 bridgehead atoms. The average molecular weight is 752 g/mol. The summed E-state index contributed by atoms with van der Waals surface area (Å²) in [6, 6.07) is 13.4. The third-order valence-electron chi connectivity index (χ3n) is 4.02. The van der Waals surface area contributed by atoms with Crippen molar-refractivity contribution in [3.63, 3.8) is 0 Å². The molecule has 38 heavy (non-hydrogen) atoms. The van der Waals surface area contributed by atoms with Gasteiger partial charge in [0.15, 0.2) is 0 Å². The predicted molar refractivity (Wildman–Crippen MR) is 148 cm³/mol. The fourth-order valence-corrected chi connectivity index (χ4v) is 3.05. The van der Waals surface area contributed by atoms with Gasteiger partial charge in [-0.05, 0) is 69.4 Å². The molecule has 0 heterocycles. The maximum Gasteiger partial charge on any atom is 0.277 e. The van der Waals surface area contributed by atoms with Crippen LogP contribution in [0.1, 0.15) is 20.7 Å². The summed E-state index contributed by atoms with van der Waals surface area (Å²) >= 11 is 4.59. The topological polar surface area (TPSA) is 259 Å². The van der Waals surface area contributed by atoms with Gasteiger partial charge in [-0.2, -0.15) is 0 Å². The Morgan fingerprint density at radius 1 is 0.526 bits per heavy atom. The molecule has 198 valence electrons. The molecule has 0 radical (unpaired) electrons. The quantitative estimate of drug-likeness (QED) is 0.207. The predicted octanol–water partition coefficient (Wildman–Crippen LogP) is 4.10. The van der Waals surface area contributed by atoms with E-state index in [1.165, 1.54) is 7.14 Å². The number of nitrogens with zero attached hydrogens (tertiary/aromatic N) is 4. The smallest absolute Gasteiger partial charge is 0.277 e. The van der Waals surface area contributed by atoms with Crippen molar-refractivity contribution in [2.75, 3.05) is 0 Å². The molecule has 0 aliphatic rings. The van der Waals surface area contributed by atoms with Crippen LogP contribution < -0.4 is 11.5 Å². The number of nitro groups is 4. The summed E-state index contributed by atoms with van der Waals surface area (Å²) in [5.74, 6) is -1.91. The Balaban J connectivity index is 0.000000298. The molecule has 3 rings (SSSR count). The lowest BCUT2D eigenvalue weighted by Crippen LogP contribution is -2.11. The molecule has 0 saturated heterocycles. The van der Waals surface area contributed by atoms with Gasteiger partial charge in [0.1, 0.15) is 0 Å². The zero-order chi connectivity index (χ0) is 29.2. The van der Waals surface area contributed by atoms with Crippen molar-refractivity contribution in [1.82, 2.24) is 0 Å². The second-order valence-electron chi connectivity index (χ2n) is 6.67. The first-order chi connectivity index (χ1) is 17.6. The van der Waals surface area contributed by atoms with Crippen molar-refractivity contribution in [3.8, 4) is 0 Å². The number of nitro benzene ring substituents is 4. The normalized spacial score (nSPS) is 9.53. The Labute approximate surface area is 238 Å². The Hall–Kier alpha value is -4.34. The van der Waals surface area contributed by atoms with Crippen molar-refractivity contribution in [1.29, 1.82) is 0 Å². The first-order valence-corrected chi connectivity index (χ1v) is 11.7. The van der Waals surface area contributed by atoms with Gasteiger partial charge in [0.2, 0.25) is 11.8 Å². The standard InChI is InChI=1S/2C7H5N3O5.C6H4I2/c2*8-7(11)4-1-5(9(12)13)3-6(2-4)10(14)15;7-5-1-2-6(8)4-3-5/h2*1-3H,(H2,8,11);1-4H. The van der Waals surface area contributed by atoms with Crippen molar-refractivity contribution < 1.29 is 29.3 Å². The summed E-state index contributed by atoms with van der Waals surface area (Å²) in [6.45, 7) is 0. The molecular formula is C20H14I2N6O10. The van der Waals surface area contributed by atoms with Crippen LogP contribution in [0.4, 0.5) is 22.7 Å². The van der Waals surface area contributed by atoms with E-state index in [1.807, 2.05) is 0 Å². The van der Waals surface area contributed by atoms with E-state index >= 15 is 0 Å². The monoisotopic (exact) mass is 752 g/mol. The van der Waals surface area contributed by atoms with E-state index in [0.29, 0.717) is 0 Å². The Morgan fingerprint density at radius 3 is 0.895 bits per heavy atom. The summed E-state index contributed by atoms with van der Waals surface area (Å²) in [7, 11) is 0. The minimum absolute atomic E-state index is 0.268. The largest absolute Gasteiger partial charge is 0.366 e. The van der Waals surface area contributed by atoms with Gasteiger partial charge in [0, 0.05) is 31.4 Å². The second-order valence-corrected chi connectivity index (χ2v) is 9.16. The SMILES string of the molecule is Ic1ccc(I)cc1.NC(=O)c1cc([N+](=O)[O-])cc([N+](=O)[O-])c1.NC(=O)c1cc([N+](=O)[O-])cc([N+](=O)[O-])c1. The molecule has 3 aromatic rings. The molecule has 0 aromatic heterocycles. The van der Waals surface area contributed by atoms with Gasteiger partial charge in [-0.15, -0.1) is 0 Å². The lowest BCUT2D eigenvalue weighted by Gasteiger charge is -1.96. The number of primary amides is 2. The van der Waals surface area contributed by atoms with Gasteiger partial charge in [-0.1, -0.05) is 0 Å². The van der Waals surface area contributed by atoms with E-state index in [0.717, 1.165) is 36.4 Å². The highest BCUT2D eigenvalue weighted by molar-refractivity contribution is 14.1. The zero-order valence-electron chi connectivity index (χ0n) is 18.6. The fraction of sp³-hybridized carbons (Fsp3) is 0. The molecule has 0 fully saturated rings. The number of hydrogen-bond donors (Lipinski definition) is 2. The number of benzene rings is 3. The Morgan fingerprint density at radius 2 is 0.737 bits per heavy atom. The highest BCUT2D eigenvalue weighted by atomic mass is 127. The van der Waals surface area contributed by atoms with Gasteiger partial charge >= 0.3 is 0 Å². The van der Waals surface area contributed by atoms with E-state index in [1.54, 1.807) is 0 Å². The van der Waals surface area contributed by atoms with E-state index in [2.05, 4.69) is 69.4 Å². The molecule has 3 aromatic carbocycles. The molecule has 0 atom stereocenters. The number of amides is 2. The van der Waals surface area contributed by atoms with Crippen LogP contribution in [0.2, 0.25) is 0 Å². The van der Waals surface area contributed by atoms with Gasteiger partial charge in [0.05, 0.1) is 43.0 Å². The first-order valence-electron chi connectivity index (χ1n) is 9.50. The molecule has 0 unspecified atom stereocenters. The molecule has 4 N–H and O–H groups in total. The van der Waals surface area contributed by atoms with E-state index in [9.17, 15) is 50.0 Å². The van der Waals surface area contributed by atoms with Crippen molar-refractivity contribution in [3.05, 3.63) is 119 Å². The third kappa shape index (κ3) is 10.3. The number of carbonyl (C=O) groups is 2. The van der Waals surface area contributed by atoms with Gasteiger partial charge in [-0.25, -0.2) is 0 Å². The summed E-state index contributed by atoms with van der Waals surface area (Å²) < 4.78 is 2.59. The van der Waals surface area contributed by atoms with Crippen LogP contribution in [-0.4, -0.2) is 31.5 Å². The number of hydrogen-bond acceptors (Lipinski definition) is 10. The summed E-state index contributed by atoms with van der Waals surface area (Å²) in [4.78, 5) is 59.6. The first kappa shape index (κ1) is 31.7. The summed E-state index contributed by atoms with van der Waals surface area (Å²) in [5, 5.41) is 41.5. The Bertz CT molecular complexity index is 1150. The van der Waals surface area contributed by atoms with Crippen molar-refractivity contribution in [2.45, 2.75) is 0 Å². The summed E-state index contributed by atoms with van der Waals surface area (Å²) in [6.07, 6.45) is 0. The zero-order valence-corrected chi connectivity index (χ0v) is 22.9. The van der Waals surface area contributed by atoms with Gasteiger partial charge in [-0.3, -0.25) is 50.0 Å². The van der Waals surface area contributed by atoms with Crippen molar-refractivity contribution in [2.24, 2.45) is 11.5 Å². The second kappa shape index (κ2) is 14.4. The molecule has 16 nitrogen and oxygen atoms in total. The molecule has 0 saturated carbocycles. The highest BCUT2D eigenvalue weighted by Gasteiger charge is 2.19. The molecular weight excluding hydrogens is 738 g/mol. The van der Waals surface area contributed by atoms with Gasteiger partial charge in [0.25, 0.3) is 22.7 Å². The third-order valence-corrected chi connectivity index (χ3v) is 5.46. The number of carbonyl (C=O) groups excluding carboxylic acids is 2. The van der Waals surface area contributed by atoms with E-state index in [-0.39, 0.29) is 11.1 Å². The average Bonchev–Trinajstić information content (AvgIpc) is 2.85. The Kier molecular flexibility index (Phi) is 12.0. The number of rotatable bonds is 6. The summed E-state index contributed by atoms with van der Waals surface area (Å²) in [5.41, 5.74) is 7.03. The van der Waals surface area contributed by atoms with Crippen LogP contribution in [0.25, 0.3) is 0 Å². The van der Waals surface area contributed by atoms with E-state index < -0.39 is 54.3 Å². The molecule has 0 spiro atoms. The lowest BCUT2D eigenvalue weighted by atomic mass is 10.1. The molecule has 2 amide bonds. The lowest BCUT2D eigenvalue weighted by molar-refractivity contribution is -0.394.